The lowest BCUT2D eigenvalue weighted by atomic mass is 10.1. The first-order valence-electron chi connectivity index (χ1n) is 9.43. The van der Waals surface area contributed by atoms with Crippen LogP contribution < -0.4 is 9.46 Å². The van der Waals surface area contributed by atoms with Crippen molar-refractivity contribution >= 4 is 27.2 Å². The van der Waals surface area contributed by atoms with Gasteiger partial charge >= 0.3 is 0 Å². The molecule has 2 aliphatic rings. The summed E-state index contributed by atoms with van der Waals surface area (Å²) in [6, 6.07) is 4.07. The largest absolute Gasteiger partial charge is 0.496 e. The van der Waals surface area contributed by atoms with E-state index in [9.17, 15) is 8.42 Å². The van der Waals surface area contributed by atoms with Crippen LogP contribution in [0.25, 0.3) is 10.6 Å². The highest BCUT2D eigenvalue weighted by Crippen LogP contribution is 2.38. The Bertz CT molecular complexity index is 1010. The number of methoxy groups -OCH3 is 1. The number of ether oxygens (including phenoxy) is 1. The lowest BCUT2D eigenvalue weighted by Crippen LogP contribution is -2.31. The number of pyridine rings is 1. The SMILES string of the molecule is C=CS(=O)(=O)Nc1nc(-c2cc3c(s2)CCN(CC2CC2)C3)cc(OC)c1C. The Balaban J connectivity index is 1.65. The normalized spacial score (nSPS) is 17.2. The van der Waals surface area contributed by atoms with Crippen LogP contribution in [0.2, 0.25) is 0 Å². The molecule has 0 saturated heterocycles. The summed E-state index contributed by atoms with van der Waals surface area (Å²) in [7, 11) is -2.07. The van der Waals surface area contributed by atoms with Crippen LogP contribution in [0, 0.1) is 12.8 Å². The van der Waals surface area contributed by atoms with Gasteiger partial charge in [0, 0.05) is 41.5 Å². The quantitative estimate of drug-likeness (QED) is 0.739. The van der Waals surface area contributed by atoms with E-state index in [2.05, 4.69) is 27.3 Å². The van der Waals surface area contributed by atoms with Crippen LogP contribution in [0.5, 0.6) is 5.75 Å². The third kappa shape index (κ3) is 4.09. The van der Waals surface area contributed by atoms with Crippen molar-refractivity contribution in [2.24, 2.45) is 5.92 Å². The van der Waals surface area contributed by atoms with Gasteiger partial charge in [0.25, 0.3) is 10.0 Å². The topological polar surface area (TPSA) is 71.5 Å². The van der Waals surface area contributed by atoms with Crippen molar-refractivity contribution in [3.8, 4) is 16.3 Å². The van der Waals surface area contributed by atoms with Gasteiger partial charge in [0.05, 0.1) is 17.7 Å². The van der Waals surface area contributed by atoms with Crippen molar-refractivity contribution in [2.45, 2.75) is 32.7 Å². The molecule has 1 aliphatic heterocycles. The molecular formula is C20H25N3O3S2. The number of rotatable bonds is 7. The second kappa shape index (κ2) is 7.50. The third-order valence-electron chi connectivity index (χ3n) is 5.31. The Morgan fingerprint density at radius 2 is 2.21 bits per heavy atom. The van der Waals surface area contributed by atoms with Crippen molar-refractivity contribution in [1.82, 2.24) is 9.88 Å². The second-order valence-corrected chi connectivity index (χ2v) is 10.2. The van der Waals surface area contributed by atoms with Gasteiger partial charge in [-0.2, -0.15) is 0 Å². The first-order chi connectivity index (χ1) is 13.4. The van der Waals surface area contributed by atoms with Gasteiger partial charge in [-0.15, -0.1) is 11.3 Å². The van der Waals surface area contributed by atoms with Gasteiger partial charge in [-0.3, -0.25) is 9.62 Å². The van der Waals surface area contributed by atoms with Crippen LogP contribution in [0.1, 0.15) is 28.8 Å². The summed E-state index contributed by atoms with van der Waals surface area (Å²) in [5.41, 5.74) is 2.73. The van der Waals surface area contributed by atoms with Crippen LogP contribution in [0.4, 0.5) is 5.82 Å². The maximum atomic E-state index is 11.9. The molecule has 2 aromatic heterocycles. The van der Waals surface area contributed by atoms with Crippen molar-refractivity contribution in [1.29, 1.82) is 0 Å². The van der Waals surface area contributed by atoms with E-state index in [-0.39, 0.29) is 5.82 Å². The minimum absolute atomic E-state index is 0.274. The third-order valence-corrected chi connectivity index (χ3v) is 7.49. The van der Waals surface area contributed by atoms with Crippen molar-refractivity contribution < 1.29 is 13.2 Å². The zero-order valence-electron chi connectivity index (χ0n) is 16.2. The van der Waals surface area contributed by atoms with Crippen LogP contribution in [0.15, 0.2) is 24.1 Å². The molecule has 4 rings (SSSR count). The fraction of sp³-hybridized carbons (Fsp3) is 0.450. The van der Waals surface area contributed by atoms with E-state index in [1.165, 1.54) is 29.8 Å². The Morgan fingerprint density at radius 3 is 2.89 bits per heavy atom. The minimum atomic E-state index is -3.64. The summed E-state index contributed by atoms with van der Waals surface area (Å²) in [5, 5.41) is 0.881. The smallest absolute Gasteiger partial charge is 0.255 e. The molecule has 1 aliphatic carbocycles. The van der Waals surface area contributed by atoms with Crippen molar-refractivity contribution in [3.63, 3.8) is 0 Å². The molecule has 6 nitrogen and oxygen atoms in total. The highest BCUT2D eigenvalue weighted by molar-refractivity contribution is 7.95. The number of anilines is 1. The van der Waals surface area contributed by atoms with Crippen molar-refractivity contribution in [2.75, 3.05) is 24.9 Å². The number of aromatic nitrogens is 1. The Hall–Kier alpha value is -1.90. The molecule has 8 heteroatoms. The monoisotopic (exact) mass is 419 g/mol. The molecule has 0 aromatic carbocycles. The molecule has 0 bridgehead atoms. The molecule has 150 valence electrons. The molecule has 0 amide bonds. The molecule has 3 heterocycles. The molecule has 0 spiro atoms. The Morgan fingerprint density at radius 1 is 1.43 bits per heavy atom. The number of fused-ring (bicyclic) bond motifs is 1. The van der Waals surface area contributed by atoms with Crippen LogP contribution in [-0.4, -0.2) is 38.5 Å². The number of sulfonamides is 1. The predicted octanol–water partition coefficient (Wildman–Crippen LogP) is 3.78. The Labute approximate surface area is 170 Å². The maximum absolute atomic E-state index is 11.9. The average Bonchev–Trinajstić information content (AvgIpc) is 3.38. The summed E-state index contributed by atoms with van der Waals surface area (Å²) in [5.74, 6) is 1.77. The predicted molar refractivity (Wildman–Crippen MR) is 113 cm³/mol. The van der Waals surface area contributed by atoms with Gasteiger partial charge in [-0.1, -0.05) is 6.58 Å². The van der Waals surface area contributed by atoms with Gasteiger partial charge in [0.2, 0.25) is 0 Å². The van der Waals surface area contributed by atoms with Gasteiger partial charge in [0.15, 0.2) is 0 Å². The van der Waals surface area contributed by atoms with E-state index in [1.807, 2.05) is 6.07 Å². The fourth-order valence-corrected chi connectivity index (χ4v) is 5.21. The molecule has 1 N–H and O–H groups in total. The number of hydrogen-bond acceptors (Lipinski definition) is 6. The first-order valence-corrected chi connectivity index (χ1v) is 11.8. The summed E-state index contributed by atoms with van der Waals surface area (Å²) in [4.78, 5) is 9.57. The molecule has 0 unspecified atom stereocenters. The van der Waals surface area contributed by atoms with Crippen LogP contribution in [0.3, 0.4) is 0 Å². The van der Waals surface area contributed by atoms with Crippen LogP contribution >= 0.6 is 11.3 Å². The minimum Gasteiger partial charge on any atom is -0.496 e. The zero-order chi connectivity index (χ0) is 19.9. The molecule has 28 heavy (non-hydrogen) atoms. The zero-order valence-corrected chi connectivity index (χ0v) is 17.8. The summed E-state index contributed by atoms with van der Waals surface area (Å²) >= 11 is 1.74. The Kier molecular flexibility index (Phi) is 5.20. The summed E-state index contributed by atoms with van der Waals surface area (Å²) in [6.07, 6.45) is 3.80. The molecular weight excluding hydrogens is 394 g/mol. The second-order valence-electron chi connectivity index (χ2n) is 7.48. The summed E-state index contributed by atoms with van der Waals surface area (Å²) < 4.78 is 31.8. The average molecular weight is 420 g/mol. The van der Waals surface area contributed by atoms with E-state index in [4.69, 9.17) is 4.74 Å². The maximum Gasteiger partial charge on any atom is 0.255 e. The van der Waals surface area contributed by atoms with Crippen molar-refractivity contribution in [3.05, 3.63) is 40.1 Å². The van der Waals surface area contributed by atoms with E-state index in [1.54, 1.807) is 25.4 Å². The number of nitrogens with one attached hydrogen (secondary N) is 1. The summed E-state index contributed by atoms with van der Waals surface area (Å²) in [6.45, 7) is 8.43. The van der Waals surface area contributed by atoms with Gasteiger partial charge in [-0.05, 0) is 43.7 Å². The molecule has 0 atom stereocenters. The molecule has 0 radical (unpaired) electrons. The first kappa shape index (κ1) is 19.4. The fourth-order valence-electron chi connectivity index (χ4n) is 3.54. The lowest BCUT2D eigenvalue weighted by Gasteiger charge is -2.26. The van der Waals surface area contributed by atoms with Gasteiger partial charge in [-0.25, -0.2) is 13.4 Å². The van der Waals surface area contributed by atoms with Crippen LogP contribution in [-0.2, 0) is 23.0 Å². The number of nitrogens with zero attached hydrogens (tertiary/aromatic N) is 2. The van der Waals surface area contributed by atoms with E-state index >= 15 is 0 Å². The van der Waals surface area contributed by atoms with Gasteiger partial charge in [0.1, 0.15) is 11.6 Å². The standard InChI is InChI=1S/C20H25N3O3S2/c1-4-28(24,25)22-20-13(2)17(26-3)10-16(21-20)19-9-15-12-23(11-14-5-6-14)8-7-18(15)27-19/h4,9-10,14H,1,5-8,11-12H2,2-3H3,(H,21,22). The lowest BCUT2D eigenvalue weighted by molar-refractivity contribution is 0.246. The molecule has 1 fully saturated rings. The highest BCUT2D eigenvalue weighted by Gasteiger charge is 2.27. The van der Waals surface area contributed by atoms with E-state index in [0.29, 0.717) is 11.3 Å². The number of thiophene rings is 1. The highest BCUT2D eigenvalue weighted by atomic mass is 32.2. The molecule has 1 saturated carbocycles. The van der Waals surface area contributed by atoms with E-state index in [0.717, 1.165) is 41.4 Å². The number of hydrogen-bond donors (Lipinski definition) is 1. The molecule has 2 aromatic rings. The van der Waals surface area contributed by atoms with E-state index < -0.39 is 10.0 Å². The van der Waals surface area contributed by atoms with Gasteiger partial charge < -0.3 is 4.74 Å².